The number of nitrogens with zero attached hydrogens (tertiary/aromatic N) is 3. The summed E-state index contributed by atoms with van der Waals surface area (Å²) >= 11 is 0. The van der Waals surface area contributed by atoms with E-state index in [1.807, 2.05) is 4.90 Å². The zero-order valence-corrected chi connectivity index (χ0v) is 12.6. The Kier molecular flexibility index (Phi) is 4.77. The number of aliphatic carboxylic acids is 1. The fourth-order valence-corrected chi connectivity index (χ4v) is 2.61. The largest absolute Gasteiger partial charge is 0.481 e. The zero-order chi connectivity index (χ0) is 16.2. The lowest BCUT2D eigenvalue weighted by Gasteiger charge is -2.25. The second kappa shape index (κ2) is 6.97. The van der Waals surface area contributed by atoms with Crippen molar-refractivity contribution >= 4 is 17.7 Å². The van der Waals surface area contributed by atoms with Crippen molar-refractivity contribution in [3.8, 4) is 0 Å². The quantitative estimate of drug-likeness (QED) is 0.806. The Hall–Kier alpha value is -2.13. The molecule has 3 heterocycles. The average Bonchev–Trinajstić information content (AvgIpc) is 2.92. The van der Waals surface area contributed by atoms with Crippen LogP contribution in [0.5, 0.6) is 0 Å². The van der Waals surface area contributed by atoms with Gasteiger partial charge in [-0.15, -0.1) is 0 Å². The van der Waals surface area contributed by atoms with E-state index in [-0.39, 0.29) is 24.8 Å². The first-order valence-corrected chi connectivity index (χ1v) is 7.54. The molecule has 3 rings (SSSR count). The van der Waals surface area contributed by atoms with Gasteiger partial charge in [0.15, 0.2) is 5.82 Å². The maximum atomic E-state index is 12.5. The third kappa shape index (κ3) is 3.62. The van der Waals surface area contributed by atoms with Gasteiger partial charge in [0.05, 0.1) is 32.3 Å². The molecule has 0 spiro atoms. The highest BCUT2D eigenvalue weighted by Crippen LogP contribution is 2.18. The summed E-state index contributed by atoms with van der Waals surface area (Å²) < 4.78 is 15.7. The lowest BCUT2D eigenvalue weighted by atomic mass is 10.1. The molecule has 126 valence electrons. The Morgan fingerprint density at radius 3 is 2.65 bits per heavy atom. The minimum Gasteiger partial charge on any atom is -0.481 e. The number of anilines is 1. The van der Waals surface area contributed by atoms with E-state index in [1.54, 1.807) is 6.07 Å². The summed E-state index contributed by atoms with van der Waals surface area (Å²) in [5, 5.41) is 13.1. The number of carbonyl (C=O) groups excluding carboxylic acids is 1. The van der Waals surface area contributed by atoms with Crippen molar-refractivity contribution in [2.75, 3.05) is 57.5 Å². The molecule has 0 aliphatic carbocycles. The Labute approximate surface area is 132 Å². The van der Waals surface area contributed by atoms with Crippen LogP contribution in [0, 0.1) is 5.92 Å². The van der Waals surface area contributed by atoms with Crippen LogP contribution in [-0.2, 0) is 14.3 Å². The Morgan fingerprint density at radius 1 is 1.17 bits per heavy atom. The van der Waals surface area contributed by atoms with E-state index in [9.17, 15) is 9.59 Å². The van der Waals surface area contributed by atoms with Crippen LogP contribution in [0.25, 0.3) is 0 Å². The molecule has 1 unspecified atom stereocenters. The predicted octanol–water partition coefficient (Wildman–Crippen LogP) is -0.316. The van der Waals surface area contributed by atoms with E-state index < -0.39 is 11.9 Å². The van der Waals surface area contributed by atoms with Gasteiger partial charge >= 0.3 is 5.97 Å². The molecule has 1 amide bonds. The minimum atomic E-state index is -0.976. The van der Waals surface area contributed by atoms with Gasteiger partial charge < -0.3 is 28.9 Å². The molecule has 2 aliphatic rings. The maximum Gasteiger partial charge on any atom is 0.310 e. The molecule has 23 heavy (non-hydrogen) atoms. The first-order chi connectivity index (χ1) is 11.1. The van der Waals surface area contributed by atoms with Crippen molar-refractivity contribution in [2.45, 2.75) is 0 Å². The molecule has 2 saturated heterocycles. The number of carbonyl (C=O) groups is 2. The maximum absolute atomic E-state index is 12.5. The first kappa shape index (κ1) is 15.8. The summed E-state index contributed by atoms with van der Waals surface area (Å²) in [4.78, 5) is 27.1. The van der Waals surface area contributed by atoms with E-state index in [4.69, 9.17) is 19.1 Å². The van der Waals surface area contributed by atoms with E-state index in [1.165, 1.54) is 4.90 Å². The monoisotopic (exact) mass is 325 g/mol. The van der Waals surface area contributed by atoms with Crippen molar-refractivity contribution in [3.63, 3.8) is 0 Å². The van der Waals surface area contributed by atoms with E-state index >= 15 is 0 Å². The highest BCUT2D eigenvalue weighted by Gasteiger charge is 2.30. The van der Waals surface area contributed by atoms with Crippen LogP contribution in [0.1, 0.15) is 10.6 Å². The normalized spacial score (nSPS) is 22.7. The van der Waals surface area contributed by atoms with Crippen LogP contribution in [0.2, 0.25) is 0 Å². The predicted molar refractivity (Wildman–Crippen MR) is 77.4 cm³/mol. The highest BCUT2D eigenvalue weighted by molar-refractivity contribution is 5.92. The summed E-state index contributed by atoms with van der Waals surface area (Å²) in [6, 6.07) is 1.59. The number of carboxylic acid groups (broad SMARTS) is 1. The van der Waals surface area contributed by atoms with Gasteiger partial charge in [-0.25, -0.2) is 0 Å². The number of aromatic nitrogens is 1. The molecule has 1 aromatic rings. The molecular weight excluding hydrogens is 306 g/mol. The molecule has 2 fully saturated rings. The van der Waals surface area contributed by atoms with Crippen LogP contribution in [0.15, 0.2) is 10.6 Å². The van der Waals surface area contributed by atoms with Crippen LogP contribution in [-0.4, -0.2) is 79.6 Å². The number of carboxylic acids is 1. The van der Waals surface area contributed by atoms with E-state index in [0.717, 1.165) is 0 Å². The van der Waals surface area contributed by atoms with Crippen molar-refractivity contribution in [1.29, 1.82) is 0 Å². The fraction of sp³-hybridized carbons (Fsp3) is 0.643. The van der Waals surface area contributed by atoms with E-state index in [0.29, 0.717) is 45.3 Å². The Morgan fingerprint density at radius 2 is 1.91 bits per heavy atom. The SMILES string of the molecule is O=C(O)C1COCCN(C(=O)c2cc(N3CCOCC3)no2)C1. The van der Waals surface area contributed by atoms with Gasteiger partial charge in [0.1, 0.15) is 0 Å². The van der Waals surface area contributed by atoms with Crippen molar-refractivity contribution in [2.24, 2.45) is 5.92 Å². The van der Waals surface area contributed by atoms with Crippen LogP contribution >= 0.6 is 0 Å². The van der Waals surface area contributed by atoms with Gasteiger partial charge in [-0.3, -0.25) is 9.59 Å². The van der Waals surface area contributed by atoms with Gasteiger partial charge in [-0.2, -0.15) is 0 Å². The number of morpholine rings is 1. The van der Waals surface area contributed by atoms with Gasteiger partial charge in [0.2, 0.25) is 5.76 Å². The second-order valence-corrected chi connectivity index (χ2v) is 5.51. The molecule has 0 saturated carbocycles. The Balaban J connectivity index is 1.69. The lowest BCUT2D eigenvalue weighted by Crippen LogP contribution is -2.38. The standard InChI is InChI=1S/C14H19N3O6/c18-13(17-3-6-22-9-10(8-17)14(19)20)11-7-12(15-23-11)16-1-4-21-5-2-16/h7,10H,1-6,8-9H2,(H,19,20). The van der Waals surface area contributed by atoms with Crippen molar-refractivity contribution in [1.82, 2.24) is 10.1 Å². The smallest absolute Gasteiger partial charge is 0.310 e. The number of ether oxygens (including phenoxy) is 2. The zero-order valence-electron chi connectivity index (χ0n) is 12.6. The Bertz CT molecular complexity index is 569. The second-order valence-electron chi connectivity index (χ2n) is 5.51. The van der Waals surface area contributed by atoms with Crippen LogP contribution in [0.4, 0.5) is 5.82 Å². The molecule has 0 radical (unpaired) electrons. The van der Waals surface area contributed by atoms with Gasteiger partial charge in [0, 0.05) is 32.2 Å². The van der Waals surface area contributed by atoms with Gasteiger partial charge in [0.25, 0.3) is 5.91 Å². The molecule has 9 heteroatoms. The number of hydrogen-bond donors (Lipinski definition) is 1. The third-order valence-electron chi connectivity index (χ3n) is 3.95. The number of amides is 1. The highest BCUT2D eigenvalue weighted by atomic mass is 16.5. The molecule has 1 aromatic heterocycles. The summed E-state index contributed by atoms with van der Waals surface area (Å²) in [7, 11) is 0. The summed E-state index contributed by atoms with van der Waals surface area (Å²) in [6.45, 7) is 3.45. The molecular formula is C14H19N3O6. The summed E-state index contributed by atoms with van der Waals surface area (Å²) in [5.74, 6) is -1.37. The van der Waals surface area contributed by atoms with E-state index in [2.05, 4.69) is 5.16 Å². The summed E-state index contributed by atoms with van der Waals surface area (Å²) in [5.41, 5.74) is 0. The average molecular weight is 325 g/mol. The molecule has 0 bridgehead atoms. The number of rotatable bonds is 3. The minimum absolute atomic E-state index is 0.0990. The van der Waals surface area contributed by atoms with Crippen molar-refractivity contribution in [3.05, 3.63) is 11.8 Å². The molecule has 1 atom stereocenters. The topological polar surface area (TPSA) is 105 Å². The van der Waals surface area contributed by atoms with Crippen molar-refractivity contribution < 1.29 is 28.7 Å². The van der Waals surface area contributed by atoms with Gasteiger partial charge in [-0.1, -0.05) is 5.16 Å². The summed E-state index contributed by atoms with van der Waals surface area (Å²) in [6.07, 6.45) is 0. The molecule has 1 N–H and O–H groups in total. The number of hydrogen-bond acceptors (Lipinski definition) is 7. The molecule has 2 aliphatic heterocycles. The van der Waals surface area contributed by atoms with Crippen LogP contribution < -0.4 is 4.90 Å². The fourth-order valence-electron chi connectivity index (χ4n) is 2.61. The van der Waals surface area contributed by atoms with Crippen LogP contribution in [0.3, 0.4) is 0 Å². The third-order valence-corrected chi connectivity index (χ3v) is 3.95. The van der Waals surface area contributed by atoms with Gasteiger partial charge in [-0.05, 0) is 0 Å². The lowest BCUT2D eigenvalue weighted by molar-refractivity contribution is -0.143. The first-order valence-electron chi connectivity index (χ1n) is 7.54. The molecule has 0 aromatic carbocycles. The molecule has 9 nitrogen and oxygen atoms in total.